The Hall–Kier alpha value is -2.45. The van der Waals surface area contributed by atoms with Crippen molar-refractivity contribution < 1.29 is 4.74 Å². The standard InChI is InChI=1S/C21H31N7O/c1-26(18-5-4-9-28(16-18)20-6-2-3-7-23-20)10-8-22-19-15-21(25-17-24-19)27-11-13-29-14-12-27/h2-3,6-7,15,17-18H,4-5,8-14,16H2,1H3,(H,22,24,25). The number of hydrogen-bond donors (Lipinski definition) is 1. The van der Waals surface area contributed by atoms with E-state index in [9.17, 15) is 0 Å². The maximum atomic E-state index is 5.42. The molecule has 0 aromatic carbocycles. The van der Waals surface area contributed by atoms with Gasteiger partial charge in [-0.1, -0.05) is 6.07 Å². The summed E-state index contributed by atoms with van der Waals surface area (Å²) in [6, 6.07) is 8.72. The fourth-order valence-corrected chi connectivity index (χ4v) is 4.02. The summed E-state index contributed by atoms with van der Waals surface area (Å²) < 4.78 is 5.42. The molecular formula is C21H31N7O. The van der Waals surface area contributed by atoms with Gasteiger partial charge in [-0.3, -0.25) is 4.90 Å². The van der Waals surface area contributed by atoms with Gasteiger partial charge in [0, 0.05) is 57.6 Å². The van der Waals surface area contributed by atoms with E-state index in [1.807, 2.05) is 18.3 Å². The summed E-state index contributed by atoms with van der Waals surface area (Å²) in [7, 11) is 2.22. The Kier molecular flexibility index (Phi) is 6.74. The molecule has 4 heterocycles. The summed E-state index contributed by atoms with van der Waals surface area (Å²) in [6.07, 6.45) is 5.95. The second-order valence-electron chi connectivity index (χ2n) is 7.70. The molecular weight excluding hydrogens is 366 g/mol. The number of ether oxygens (including phenoxy) is 1. The highest BCUT2D eigenvalue weighted by atomic mass is 16.5. The average molecular weight is 398 g/mol. The summed E-state index contributed by atoms with van der Waals surface area (Å²) in [5, 5.41) is 3.46. The van der Waals surface area contributed by atoms with Crippen LogP contribution < -0.4 is 15.1 Å². The molecule has 29 heavy (non-hydrogen) atoms. The zero-order valence-electron chi connectivity index (χ0n) is 17.2. The van der Waals surface area contributed by atoms with Crippen LogP contribution in [0, 0.1) is 0 Å². The Morgan fingerprint density at radius 2 is 2.00 bits per heavy atom. The molecule has 1 unspecified atom stereocenters. The van der Waals surface area contributed by atoms with Gasteiger partial charge in [0.2, 0.25) is 0 Å². The van der Waals surface area contributed by atoms with E-state index in [4.69, 9.17) is 4.74 Å². The van der Waals surface area contributed by atoms with Gasteiger partial charge in [-0.25, -0.2) is 15.0 Å². The first-order valence-corrected chi connectivity index (χ1v) is 10.5. The van der Waals surface area contributed by atoms with E-state index in [0.717, 1.165) is 69.9 Å². The van der Waals surface area contributed by atoms with E-state index in [0.29, 0.717) is 6.04 Å². The first-order valence-electron chi connectivity index (χ1n) is 10.5. The highest BCUT2D eigenvalue weighted by Gasteiger charge is 2.23. The quantitative estimate of drug-likeness (QED) is 0.757. The maximum absolute atomic E-state index is 5.42. The van der Waals surface area contributed by atoms with Crippen molar-refractivity contribution in [3.8, 4) is 0 Å². The Bertz CT molecular complexity index is 754. The van der Waals surface area contributed by atoms with Gasteiger partial charge in [-0.2, -0.15) is 0 Å². The lowest BCUT2D eigenvalue weighted by Gasteiger charge is -2.38. The number of pyridine rings is 1. The molecule has 2 aromatic heterocycles. The van der Waals surface area contributed by atoms with Crippen molar-refractivity contribution in [1.82, 2.24) is 19.9 Å². The van der Waals surface area contributed by atoms with E-state index in [2.05, 4.69) is 54.1 Å². The van der Waals surface area contributed by atoms with Crippen molar-refractivity contribution >= 4 is 17.5 Å². The molecule has 0 saturated carbocycles. The summed E-state index contributed by atoms with van der Waals surface area (Å²) in [5.74, 6) is 2.94. The van der Waals surface area contributed by atoms with Crippen LogP contribution in [0.15, 0.2) is 36.8 Å². The molecule has 2 saturated heterocycles. The Labute approximate surface area is 172 Å². The number of hydrogen-bond acceptors (Lipinski definition) is 8. The van der Waals surface area contributed by atoms with Crippen LogP contribution in [0.1, 0.15) is 12.8 Å². The highest BCUT2D eigenvalue weighted by molar-refractivity contribution is 5.48. The van der Waals surface area contributed by atoms with Crippen LogP contribution in [-0.2, 0) is 4.74 Å². The number of rotatable bonds is 7. The van der Waals surface area contributed by atoms with Crippen molar-refractivity contribution in [2.75, 3.05) is 74.6 Å². The lowest BCUT2D eigenvalue weighted by atomic mass is 10.0. The lowest BCUT2D eigenvalue weighted by Crippen LogP contribution is -2.47. The molecule has 0 bridgehead atoms. The summed E-state index contributed by atoms with van der Waals surface area (Å²) in [4.78, 5) is 20.4. The SMILES string of the molecule is CN(CCNc1cc(N2CCOCC2)ncn1)C1CCCN(c2ccccn2)C1. The van der Waals surface area contributed by atoms with E-state index < -0.39 is 0 Å². The minimum Gasteiger partial charge on any atom is -0.378 e. The van der Waals surface area contributed by atoms with Gasteiger partial charge in [0.05, 0.1) is 13.2 Å². The van der Waals surface area contributed by atoms with E-state index in [1.54, 1.807) is 6.33 Å². The van der Waals surface area contributed by atoms with Gasteiger partial charge in [-0.15, -0.1) is 0 Å². The number of aromatic nitrogens is 3. The third kappa shape index (κ3) is 5.33. The molecule has 0 amide bonds. The largest absolute Gasteiger partial charge is 0.378 e. The summed E-state index contributed by atoms with van der Waals surface area (Å²) in [5.41, 5.74) is 0. The molecule has 1 atom stereocenters. The molecule has 2 aliphatic rings. The topological polar surface area (TPSA) is 69.7 Å². The molecule has 156 valence electrons. The lowest BCUT2D eigenvalue weighted by molar-refractivity contribution is 0.122. The molecule has 2 aliphatic heterocycles. The van der Waals surface area contributed by atoms with Crippen molar-refractivity contribution in [2.45, 2.75) is 18.9 Å². The summed E-state index contributed by atoms with van der Waals surface area (Å²) >= 11 is 0. The normalized spacial score (nSPS) is 20.1. The van der Waals surface area contributed by atoms with Gasteiger partial charge < -0.3 is 19.9 Å². The number of piperidine rings is 1. The monoisotopic (exact) mass is 397 g/mol. The van der Waals surface area contributed by atoms with Crippen LogP contribution >= 0.6 is 0 Å². The predicted molar refractivity (Wildman–Crippen MR) is 116 cm³/mol. The molecule has 1 N–H and O–H groups in total. The highest BCUT2D eigenvalue weighted by Crippen LogP contribution is 2.20. The van der Waals surface area contributed by atoms with Crippen LogP contribution in [0.2, 0.25) is 0 Å². The number of anilines is 3. The number of nitrogens with one attached hydrogen (secondary N) is 1. The van der Waals surface area contributed by atoms with Crippen LogP contribution in [0.4, 0.5) is 17.5 Å². The Morgan fingerprint density at radius 3 is 2.83 bits per heavy atom. The maximum Gasteiger partial charge on any atom is 0.134 e. The second-order valence-corrected chi connectivity index (χ2v) is 7.70. The van der Waals surface area contributed by atoms with Crippen LogP contribution in [0.5, 0.6) is 0 Å². The number of nitrogens with zero attached hydrogens (tertiary/aromatic N) is 6. The summed E-state index contributed by atoms with van der Waals surface area (Å²) in [6.45, 7) is 7.23. The van der Waals surface area contributed by atoms with Gasteiger partial charge in [0.15, 0.2) is 0 Å². The second kappa shape index (κ2) is 9.84. The fourth-order valence-electron chi connectivity index (χ4n) is 4.02. The number of likely N-dealkylation sites (N-methyl/N-ethyl adjacent to an activating group) is 1. The van der Waals surface area contributed by atoms with Crippen molar-refractivity contribution in [3.63, 3.8) is 0 Å². The van der Waals surface area contributed by atoms with Crippen LogP contribution in [0.3, 0.4) is 0 Å². The van der Waals surface area contributed by atoms with Gasteiger partial charge in [-0.05, 0) is 32.0 Å². The smallest absolute Gasteiger partial charge is 0.134 e. The molecule has 2 fully saturated rings. The molecule has 2 aromatic rings. The zero-order valence-corrected chi connectivity index (χ0v) is 17.2. The van der Waals surface area contributed by atoms with E-state index in [1.165, 1.54) is 12.8 Å². The van der Waals surface area contributed by atoms with Crippen LogP contribution in [0.25, 0.3) is 0 Å². The molecule has 0 radical (unpaired) electrons. The van der Waals surface area contributed by atoms with Gasteiger partial charge >= 0.3 is 0 Å². The van der Waals surface area contributed by atoms with Gasteiger partial charge in [0.25, 0.3) is 0 Å². The van der Waals surface area contributed by atoms with Crippen molar-refractivity contribution in [3.05, 3.63) is 36.8 Å². The van der Waals surface area contributed by atoms with Crippen molar-refractivity contribution in [2.24, 2.45) is 0 Å². The van der Waals surface area contributed by atoms with E-state index in [-0.39, 0.29) is 0 Å². The first-order chi connectivity index (χ1) is 14.3. The molecule has 8 heteroatoms. The van der Waals surface area contributed by atoms with Gasteiger partial charge in [0.1, 0.15) is 23.8 Å². The molecule has 0 spiro atoms. The van der Waals surface area contributed by atoms with Crippen LogP contribution in [-0.4, -0.2) is 85.4 Å². The molecule has 0 aliphatic carbocycles. The third-order valence-corrected chi connectivity index (χ3v) is 5.75. The Balaban J connectivity index is 1.26. The minimum atomic E-state index is 0.543. The first kappa shape index (κ1) is 19.8. The Morgan fingerprint density at radius 1 is 1.10 bits per heavy atom. The fraction of sp³-hybridized carbons (Fsp3) is 0.571. The van der Waals surface area contributed by atoms with Crippen molar-refractivity contribution in [1.29, 1.82) is 0 Å². The molecule has 4 rings (SSSR count). The zero-order chi connectivity index (χ0) is 19.9. The molecule has 8 nitrogen and oxygen atoms in total. The predicted octanol–water partition coefficient (Wildman–Crippen LogP) is 1.72. The van der Waals surface area contributed by atoms with E-state index >= 15 is 0 Å². The third-order valence-electron chi connectivity index (χ3n) is 5.75. The number of morpholine rings is 1. The average Bonchev–Trinajstić information content (AvgIpc) is 2.80. The minimum absolute atomic E-state index is 0.543.